The molecule has 0 aliphatic carbocycles. The Kier molecular flexibility index (Phi) is 5.38. The molecule has 0 unspecified atom stereocenters. The van der Waals surface area contributed by atoms with E-state index in [0.29, 0.717) is 12.1 Å². The number of halogens is 6. The molecular formula is C18H12F6N4O3. The zero-order chi connectivity index (χ0) is 23.1. The van der Waals surface area contributed by atoms with Crippen LogP contribution in [0.5, 0.6) is 0 Å². The van der Waals surface area contributed by atoms with Gasteiger partial charge < -0.3 is 9.63 Å². The van der Waals surface area contributed by atoms with Gasteiger partial charge in [0.1, 0.15) is 12.1 Å². The lowest BCUT2D eigenvalue weighted by Crippen LogP contribution is -2.11. The van der Waals surface area contributed by atoms with Crippen molar-refractivity contribution in [2.75, 3.05) is 0 Å². The van der Waals surface area contributed by atoms with Crippen LogP contribution in [0.25, 0.3) is 23.2 Å². The molecule has 0 saturated heterocycles. The van der Waals surface area contributed by atoms with Gasteiger partial charge in [0.05, 0.1) is 28.0 Å². The van der Waals surface area contributed by atoms with E-state index in [1.165, 1.54) is 13.8 Å². The predicted molar refractivity (Wildman–Crippen MR) is 93.2 cm³/mol. The second-order valence-electron chi connectivity index (χ2n) is 6.39. The molecule has 1 aromatic carbocycles. The first-order chi connectivity index (χ1) is 14.3. The Bertz CT molecular complexity index is 1120. The number of rotatable bonds is 4. The summed E-state index contributed by atoms with van der Waals surface area (Å²) in [7, 11) is 0. The smallest absolute Gasteiger partial charge is 0.416 e. The third kappa shape index (κ3) is 4.59. The number of aryl methyl sites for hydroxylation is 2. The van der Waals surface area contributed by atoms with Crippen molar-refractivity contribution in [3.63, 3.8) is 0 Å². The van der Waals surface area contributed by atoms with Crippen LogP contribution < -0.4 is 0 Å². The highest BCUT2D eigenvalue weighted by Crippen LogP contribution is 2.38. The average molecular weight is 446 g/mol. The summed E-state index contributed by atoms with van der Waals surface area (Å²) in [6.45, 7) is 2.97. The fourth-order valence-electron chi connectivity index (χ4n) is 2.78. The normalized spacial score (nSPS) is 13.0. The van der Waals surface area contributed by atoms with Crippen LogP contribution in [0.4, 0.5) is 26.3 Å². The maximum absolute atomic E-state index is 13.0. The van der Waals surface area contributed by atoms with Crippen LogP contribution in [0.1, 0.15) is 28.1 Å². The Labute approximate surface area is 169 Å². The third-order valence-electron chi connectivity index (χ3n) is 4.15. The van der Waals surface area contributed by atoms with Crippen molar-refractivity contribution in [2.45, 2.75) is 26.2 Å². The molecule has 0 saturated carbocycles. The molecule has 1 N–H and O–H groups in total. The van der Waals surface area contributed by atoms with Crippen LogP contribution >= 0.6 is 0 Å². The van der Waals surface area contributed by atoms with Crippen LogP contribution in [0, 0.1) is 13.8 Å². The molecule has 0 fully saturated rings. The maximum Gasteiger partial charge on any atom is 0.416 e. The lowest BCUT2D eigenvalue weighted by Gasteiger charge is -2.13. The zero-order valence-electron chi connectivity index (χ0n) is 15.7. The second-order valence-corrected chi connectivity index (χ2v) is 6.39. The molecule has 3 rings (SSSR count). The number of carboxylic acids is 1. The summed E-state index contributed by atoms with van der Waals surface area (Å²) in [6, 6.07) is 0.941. The van der Waals surface area contributed by atoms with Gasteiger partial charge in [0.2, 0.25) is 0 Å². The molecule has 0 aliphatic rings. The summed E-state index contributed by atoms with van der Waals surface area (Å²) >= 11 is 0. The second kappa shape index (κ2) is 7.56. The van der Waals surface area contributed by atoms with Crippen molar-refractivity contribution < 1.29 is 40.8 Å². The molecule has 2 aromatic heterocycles. The summed E-state index contributed by atoms with van der Waals surface area (Å²) in [5, 5.41) is 16.9. The molecule has 7 nitrogen and oxygen atoms in total. The minimum absolute atomic E-state index is 0.0135. The van der Waals surface area contributed by atoms with Gasteiger partial charge in [-0.25, -0.2) is 14.5 Å². The van der Waals surface area contributed by atoms with Crippen LogP contribution in [-0.4, -0.2) is 31.0 Å². The fourth-order valence-corrected chi connectivity index (χ4v) is 2.78. The van der Waals surface area contributed by atoms with Gasteiger partial charge in [-0.3, -0.25) is 0 Å². The number of nitrogens with zero attached hydrogens (tertiary/aromatic N) is 4. The molecule has 0 bridgehead atoms. The highest BCUT2D eigenvalue weighted by atomic mass is 19.4. The quantitative estimate of drug-likeness (QED) is 0.463. The molecule has 0 amide bonds. The van der Waals surface area contributed by atoms with Crippen LogP contribution in [0.15, 0.2) is 29.0 Å². The number of carbonyl (C=O) groups is 1. The fraction of sp³-hybridized carbons (Fsp3) is 0.222. The van der Waals surface area contributed by atoms with Gasteiger partial charge in [0, 0.05) is 11.8 Å². The van der Waals surface area contributed by atoms with Crippen LogP contribution in [-0.2, 0) is 17.1 Å². The molecule has 0 atom stereocenters. The van der Waals surface area contributed by atoms with Crippen molar-refractivity contribution in [1.82, 2.24) is 19.9 Å². The molecule has 13 heteroatoms. The molecule has 0 aliphatic heterocycles. The summed E-state index contributed by atoms with van der Waals surface area (Å²) < 4.78 is 84.1. The number of benzene rings is 1. The minimum Gasteiger partial charge on any atom is -0.478 e. The van der Waals surface area contributed by atoms with E-state index >= 15 is 0 Å². The molecule has 164 valence electrons. The van der Waals surface area contributed by atoms with E-state index < -0.39 is 40.8 Å². The largest absolute Gasteiger partial charge is 0.478 e. The first-order valence-corrected chi connectivity index (χ1v) is 8.36. The topological polar surface area (TPSA) is 94.0 Å². The number of carboxylic acid groups (broad SMARTS) is 1. The van der Waals surface area contributed by atoms with E-state index in [2.05, 4.69) is 15.2 Å². The van der Waals surface area contributed by atoms with Gasteiger partial charge in [0.15, 0.2) is 5.82 Å². The Morgan fingerprint density at radius 1 is 1.06 bits per heavy atom. The van der Waals surface area contributed by atoms with Gasteiger partial charge in [-0.05, 0) is 32.0 Å². The first-order valence-electron chi connectivity index (χ1n) is 8.36. The third-order valence-corrected chi connectivity index (χ3v) is 4.15. The molecular weight excluding hydrogens is 434 g/mol. The van der Waals surface area contributed by atoms with Gasteiger partial charge >= 0.3 is 18.3 Å². The van der Waals surface area contributed by atoms with E-state index in [-0.39, 0.29) is 28.7 Å². The van der Waals surface area contributed by atoms with Crippen molar-refractivity contribution in [2.24, 2.45) is 0 Å². The highest BCUT2D eigenvalue weighted by Gasteiger charge is 2.37. The van der Waals surface area contributed by atoms with Crippen molar-refractivity contribution in [1.29, 1.82) is 0 Å². The van der Waals surface area contributed by atoms with Crippen LogP contribution in [0.3, 0.4) is 0 Å². The van der Waals surface area contributed by atoms with E-state index in [4.69, 9.17) is 4.52 Å². The predicted octanol–water partition coefficient (Wildman–Crippen LogP) is 4.67. The molecule has 0 spiro atoms. The molecule has 0 radical (unpaired) electrons. The van der Waals surface area contributed by atoms with Gasteiger partial charge in [0.25, 0.3) is 0 Å². The Morgan fingerprint density at radius 2 is 1.65 bits per heavy atom. The zero-order valence-corrected chi connectivity index (χ0v) is 15.7. The minimum atomic E-state index is -5.03. The van der Waals surface area contributed by atoms with Crippen molar-refractivity contribution >= 4 is 17.7 Å². The van der Waals surface area contributed by atoms with Gasteiger partial charge in [-0.2, -0.15) is 26.3 Å². The van der Waals surface area contributed by atoms with Crippen LogP contribution in [0.2, 0.25) is 0 Å². The monoisotopic (exact) mass is 446 g/mol. The molecule has 2 heterocycles. The number of aromatic nitrogens is 4. The SMILES string of the molecule is Cc1noc(C)c1/C(=C\n1cnc(-c2cc(C(F)(F)F)cc(C(F)(F)F)c2)n1)C(=O)O. The number of hydrogen-bond acceptors (Lipinski definition) is 5. The lowest BCUT2D eigenvalue weighted by atomic mass is 10.0. The van der Waals surface area contributed by atoms with Crippen molar-refractivity contribution in [3.8, 4) is 11.4 Å². The standard InChI is InChI=1S/C18H12F6N4O3/c1-8-14(9(2)31-27-8)13(16(29)30)6-28-7-25-15(26-28)10-3-11(17(19,20)21)5-12(4-10)18(22,23)24/h3-7H,1-2H3,(H,29,30)/b13-6+. The Hall–Kier alpha value is -3.64. The Balaban J connectivity index is 2.10. The van der Waals surface area contributed by atoms with Gasteiger partial charge in [-0.1, -0.05) is 5.16 Å². The lowest BCUT2D eigenvalue weighted by molar-refractivity contribution is -0.143. The van der Waals surface area contributed by atoms with Gasteiger partial charge in [-0.15, -0.1) is 5.10 Å². The first kappa shape index (κ1) is 22.1. The Morgan fingerprint density at radius 3 is 2.10 bits per heavy atom. The number of alkyl halides is 6. The summed E-state index contributed by atoms with van der Waals surface area (Å²) in [6.07, 6.45) is -8.12. The van der Waals surface area contributed by atoms with E-state index in [1.807, 2.05) is 0 Å². The number of hydrogen-bond donors (Lipinski definition) is 1. The van der Waals surface area contributed by atoms with E-state index in [0.717, 1.165) is 17.2 Å². The molecule has 31 heavy (non-hydrogen) atoms. The number of aliphatic carboxylic acids is 1. The van der Waals surface area contributed by atoms with E-state index in [9.17, 15) is 36.2 Å². The summed E-state index contributed by atoms with van der Waals surface area (Å²) in [5.74, 6) is -1.65. The summed E-state index contributed by atoms with van der Waals surface area (Å²) in [4.78, 5) is 15.4. The summed E-state index contributed by atoms with van der Waals surface area (Å²) in [5.41, 5.74) is -3.48. The average Bonchev–Trinajstić information content (AvgIpc) is 3.24. The van der Waals surface area contributed by atoms with Crippen molar-refractivity contribution in [3.05, 3.63) is 52.7 Å². The molecule has 3 aromatic rings. The maximum atomic E-state index is 13.0. The van der Waals surface area contributed by atoms with E-state index in [1.54, 1.807) is 0 Å². The highest BCUT2D eigenvalue weighted by molar-refractivity contribution is 6.19.